The molecule has 0 unspecified atom stereocenters. The highest BCUT2D eigenvalue weighted by Crippen LogP contribution is 2.26. The average Bonchev–Trinajstić information content (AvgIpc) is 2.45. The minimum atomic E-state index is -2.43. The molecule has 0 aromatic rings. The third-order valence-electron chi connectivity index (χ3n) is 4.14. The van der Waals surface area contributed by atoms with E-state index in [1.165, 1.54) is 57.8 Å². The third-order valence-corrected chi connectivity index (χ3v) is 7.60. The van der Waals surface area contributed by atoms with Crippen LogP contribution >= 0.6 is 15.9 Å². The van der Waals surface area contributed by atoms with E-state index < -0.39 is 8.80 Å². The number of halogens is 1. The number of unbranched alkanes of at least 4 members (excludes halogenated alkanes) is 2. The summed E-state index contributed by atoms with van der Waals surface area (Å²) in [5.41, 5.74) is 0. The molecule has 0 saturated heterocycles. The van der Waals surface area contributed by atoms with Crippen LogP contribution in [0.5, 0.6) is 0 Å². The van der Waals surface area contributed by atoms with Crippen LogP contribution in [0, 0.1) is 0 Å². The maximum atomic E-state index is 6.38. The zero-order chi connectivity index (χ0) is 14.7. The monoisotopic (exact) mass is 366 g/mol. The predicted octanol–water partition coefficient (Wildman–Crippen LogP) is 4.91. The van der Waals surface area contributed by atoms with Gasteiger partial charge in [0.15, 0.2) is 0 Å². The SMILES string of the molecule is CO[Si](CCCCCBr)(OC)OC1CCCCCCC1. The van der Waals surface area contributed by atoms with E-state index >= 15 is 0 Å². The minimum Gasteiger partial charge on any atom is -0.377 e. The van der Waals surface area contributed by atoms with Crippen LogP contribution in [0.4, 0.5) is 0 Å². The lowest BCUT2D eigenvalue weighted by atomic mass is 9.99. The van der Waals surface area contributed by atoms with Gasteiger partial charge in [0.1, 0.15) is 0 Å². The molecule has 0 heterocycles. The van der Waals surface area contributed by atoms with Gasteiger partial charge in [-0.05, 0) is 25.7 Å². The van der Waals surface area contributed by atoms with E-state index in [4.69, 9.17) is 13.3 Å². The summed E-state index contributed by atoms with van der Waals surface area (Å²) < 4.78 is 17.8. The Morgan fingerprint density at radius 1 is 0.900 bits per heavy atom. The molecular weight excluding hydrogens is 336 g/mol. The van der Waals surface area contributed by atoms with Gasteiger partial charge in [0.05, 0.1) is 0 Å². The van der Waals surface area contributed by atoms with E-state index in [0.717, 1.165) is 17.8 Å². The van der Waals surface area contributed by atoms with Gasteiger partial charge in [-0.3, -0.25) is 0 Å². The Kier molecular flexibility index (Phi) is 10.4. The van der Waals surface area contributed by atoms with Gasteiger partial charge in [0.2, 0.25) is 0 Å². The van der Waals surface area contributed by atoms with E-state index in [9.17, 15) is 0 Å². The van der Waals surface area contributed by atoms with Crippen LogP contribution in [-0.4, -0.2) is 34.5 Å². The van der Waals surface area contributed by atoms with Crippen molar-refractivity contribution in [3.63, 3.8) is 0 Å². The summed E-state index contributed by atoms with van der Waals surface area (Å²) in [5.74, 6) is 0. The molecule has 0 amide bonds. The van der Waals surface area contributed by atoms with Gasteiger partial charge in [-0.2, -0.15) is 0 Å². The number of rotatable bonds is 9. The van der Waals surface area contributed by atoms with E-state index in [-0.39, 0.29) is 0 Å². The molecule has 0 aliphatic heterocycles. The third kappa shape index (κ3) is 7.03. The molecule has 3 nitrogen and oxygen atoms in total. The summed E-state index contributed by atoms with van der Waals surface area (Å²) >= 11 is 3.48. The minimum absolute atomic E-state index is 0.345. The number of hydrogen-bond donors (Lipinski definition) is 0. The lowest BCUT2D eigenvalue weighted by Gasteiger charge is -2.32. The molecule has 1 saturated carbocycles. The first-order valence-corrected chi connectivity index (χ1v) is 11.2. The van der Waals surface area contributed by atoms with Crippen LogP contribution in [0.1, 0.15) is 64.2 Å². The smallest absolute Gasteiger partial charge is 0.377 e. The first-order valence-electron chi connectivity index (χ1n) is 8.10. The second kappa shape index (κ2) is 11.2. The van der Waals surface area contributed by atoms with Gasteiger partial charge < -0.3 is 13.3 Å². The normalized spacial score (nSPS) is 18.8. The zero-order valence-corrected chi connectivity index (χ0v) is 15.8. The molecule has 0 N–H and O–H groups in total. The van der Waals surface area contributed by atoms with Crippen LogP contribution < -0.4 is 0 Å². The molecule has 1 aliphatic carbocycles. The standard InChI is InChI=1S/C15H31BrO3Si/c1-17-20(18-2,14-10-6-9-13-16)19-15-11-7-4-3-5-8-12-15/h15H,3-14H2,1-2H3. The average molecular weight is 367 g/mol. The van der Waals surface area contributed by atoms with Crippen LogP contribution in [-0.2, 0) is 13.3 Å². The molecular formula is C15H31BrO3Si. The van der Waals surface area contributed by atoms with Crippen LogP contribution in [0.2, 0.25) is 6.04 Å². The van der Waals surface area contributed by atoms with E-state index in [1.54, 1.807) is 14.2 Å². The Labute approximate surface area is 134 Å². The first-order chi connectivity index (χ1) is 9.76. The van der Waals surface area contributed by atoms with Crippen molar-refractivity contribution >= 4 is 24.7 Å². The largest absolute Gasteiger partial charge is 0.500 e. The van der Waals surface area contributed by atoms with Crippen molar-refractivity contribution < 1.29 is 13.3 Å². The van der Waals surface area contributed by atoms with Gasteiger partial charge in [-0.1, -0.05) is 54.5 Å². The predicted molar refractivity (Wildman–Crippen MR) is 89.4 cm³/mol. The van der Waals surface area contributed by atoms with Gasteiger partial charge in [-0.15, -0.1) is 0 Å². The summed E-state index contributed by atoms with van der Waals surface area (Å²) in [6.07, 6.45) is 12.9. The summed E-state index contributed by atoms with van der Waals surface area (Å²) in [7, 11) is 1.07. The van der Waals surface area contributed by atoms with Crippen molar-refractivity contribution in [2.75, 3.05) is 19.5 Å². The second-order valence-electron chi connectivity index (χ2n) is 5.68. The summed E-state index contributed by atoms with van der Waals surface area (Å²) in [6.45, 7) is 0. The molecule has 0 aromatic heterocycles. The van der Waals surface area contributed by atoms with Crippen molar-refractivity contribution in [1.82, 2.24) is 0 Å². The molecule has 0 atom stereocenters. The van der Waals surface area contributed by atoms with Crippen LogP contribution in [0.15, 0.2) is 0 Å². The topological polar surface area (TPSA) is 27.7 Å². The molecule has 20 heavy (non-hydrogen) atoms. The van der Waals surface area contributed by atoms with Crippen molar-refractivity contribution in [2.45, 2.75) is 76.4 Å². The fraction of sp³-hybridized carbons (Fsp3) is 1.00. The van der Waals surface area contributed by atoms with Gasteiger partial charge in [-0.25, -0.2) is 0 Å². The highest BCUT2D eigenvalue weighted by molar-refractivity contribution is 9.09. The maximum Gasteiger partial charge on any atom is 0.500 e. The molecule has 0 aromatic carbocycles. The summed E-state index contributed by atoms with van der Waals surface area (Å²) in [6, 6.07) is 0.948. The lowest BCUT2D eigenvalue weighted by Crippen LogP contribution is -2.46. The maximum absolute atomic E-state index is 6.38. The molecule has 1 aliphatic rings. The van der Waals surface area contributed by atoms with E-state index in [2.05, 4.69) is 15.9 Å². The van der Waals surface area contributed by atoms with E-state index in [1.807, 2.05) is 0 Å². The first kappa shape index (κ1) is 18.6. The summed E-state index contributed by atoms with van der Waals surface area (Å²) in [4.78, 5) is 0. The Morgan fingerprint density at radius 3 is 2.05 bits per heavy atom. The van der Waals surface area contributed by atoms with Crippen molar-refractivity contribution in [1.29, 1.82) is 0 Å². The number of hydrogen-bond acceptors (Lipinski definition) is 3. The van der Waals surface area contributed by atoms with Gasteiger partial charge in [0, 0.05) is 31.7 Å². The number of alkyl halides is 1. The molecule has 120 valence electrons. The van der Waals surface area contributed by atoms with Crippen molar-refractivity contribution in [3.8, 4) is 0 Å². The summed E-state index contributed by atoms with van der Waals surface area (Å²) in [5, 5.41) is 1.07. The molecule has 0 bridgehead atoms. The zero-order valence-electron chi connectivity index (χ0n) is 13.2. The lowest BCUT2D eigenvalue weighted by molar-refractivity contribution is 0.0425. The highest BCUT2D eigenvalue weighted by atomic mass is 79.9. The molecule has 0 radical (unpaired) electrons. The van der Waals surface area contributed by atoms with E-state index in [0.29, 0.717) is 6.10 Å². The molecule has 0 spiro atoms. The quantitative estimate of drug-likeness (QED) is 0.329. The fourth-order valence-corrected chi connectivity index (χ4v) is 5.55. The fourth-order valence-electron chi connectivity index (χ4n) is 2.85. The Balaban J connectivity index is 2.45. The Hall–Kier alpha value is 0.577. The van der Waals surface area contributed by atoms with Crippen LogP contribution in [0.3, 0.4) is 0 Å². The Bertz CT molecular complexity index is 229. The van der Waals surface area contributed by atoms with Gasteiger partial charge >= 0.3 is 8.80 Å². The Morgan fingerprint density at radius 2 is 1.50 bits per heavy atom. The highest BCUT2D eigenvalue weighted by Gasteiger charge is 2.40. The van der Waals surface area contributed by atoms with Crippen molar-refractivity contribution in [3.05, 3.63) is 0 Å². The van der Waals surface area contributed by atoms with Crippen LogP contribution in [0.25, 0.3) is 0 Å². The molecule has 1 fully saturated rings. The molecule has 5 heteroatoms. The second-order valence-corrected chi connectivity index (χ2v) is 9.39. The van der Waals surface area contributed by atoms with Crippen molar-refractivity contribution in [2.24, 2.45) is 0 Å². The molecule has 1 rings (SSSR count). The van der Waals surface area contributed by atoms with Gasteiger partial charge in [0.25, 0.3) is 0 Å².